The number of hydrogen-bond donors (Lipinski definition) is 1. The Morgan fingerprint density at radius 3 is 2.83 bits per heavy atom. The normalized spacial score (nSPS) is 15.4. The molecule has 118 valence electrons. The molecule has 0 aromatic heterocycles. The van der Waals surface area contributed by atoms with Crippen LogP contribution in [0, 0.1) is 10.1 Å². The van der Waals surface area contributed by atoms with Gasteiger partial charge in [0.25, 0.3) is 11.6 Å². The highest BCUT2D eigenvalue weighted by molar-refractivity contribution is 5.96. The highest BCUT2D eigenvalue weighted by Gasteiger charge is 2.29. The van der Waals surface area contributed by atoms with Crippen molar-refractivity contribution in [1.82, 2.24) is 0 Å². The van der Waals surface area contributed by atoms with E-state index in [1.165, 1.54) is 25.3 Å². The van der Waals surface area contributed by atoms with Crippen LogP contribution in [0.5, 0.6) is 11.5 Å². The van der Waals surface area contributed by atoms with Gasteiger partial charge in [0.1, 0.15) is 11.5 Å². The van der Waals surface area contributed by atoms with E-state index >= 15 is 0 Å². The van der Waals surface area contributed by atoms with Crippen LogP contribution in [0.2, 0.25) is 0 Å². The maximum Gasteiger partial charge on any atom is 0.271 e. The quantitative estimate of drug-likeness (QED) is 0.692. The molecule has 1 N–H and O–H groups in total. The molecule has 7 nitrogen and oxygen atoms in total. The van der Waals surface area contributed by atoms with E-state index in [1.54, 1.807) is 6.07 Å². The van der Waals surface area contributed by atoms with Crippen molar-refractivity contribution < 1.29 is 19.2 Å². The van der Waals surface area contributed by atoms with Gasteiger partial charge >= 0.3 is 0 Å². The molecule has 0 saturated heterocycles. The van der Waals surface area contributed by atoms with Crippen molar-refractivity contribution in [2.24, 2.45) is 0 Å². The fraction of sp³-hybridized carbons (Fsp3) is 0.188. The van der Waals surface area contributed by atoms with Crippen molar-refractivity contribution in [1.29, 1.82) is 0 Å². The molecule has 0 bridgehead atoms. The zero-order valence-electron chi connectivity index (χ0n) is 12.3. The van der Waals surface area contributed by atoms with Crippen molar-refractivity contribution >= 4 is 17.3 Å². The molecule has 0 radical (unpaired) electrons. The number of para-hydroxylation sites is 1. The van der Waals surface area contributed by atoms with E-state index < -0.39 is 11.0 Å². The first-order valence-electron chi connectivity index (χ1n) is 6.96. The lowest BCUT2D eigenvalue weighted by atomic mass is 10.1. The van der Waals surface area contributed by atoms with Crippen molar-refractivity contribution in [2.45, 2.75) is 12.5 Å². The number of nitrogens with zero attached hydrogens (tertiary/aromatic N) is 1. The molecule has 2 aromatic rings. The number of fused-ring (bicyclic) bond motifs is 1. The zero-order valence-corrected chi connectivity index (χ0v) is 12.3. The summed E-state index contributed by atoms with van der Waals surface area (Å²) in [5.41, 5.74) is 1.07. The third kappa shape index (κ3) is 2.94. The highest BCUT2D eigenvalue weighted by atomic mass is 16.6. The largest absolute Gasteiger partial charge is 0.495 e. The molecule has 0 spiro atoms. The summed E-state index contributed by atoms with van der Waals surface area (Å²) in [5.74, 6) is 0.651. The monoisotopic (exact) mass is 314 g/mol. The summed E-state index contributed by atoms with van der Waals surface area (Å²) in [6.45, 7) is 0. The van der Waals surface area contributed by atoms with Gasteiger partial charge in [0.05, 0.1) is 17.7 Å². The van der Waals surface area contributed by atoms with Gasteiger partial charge in [-0.2, -0.15) is 0 Å². The number of carbonyl (C=O) groups excluding carboxylic acids is 1. The molecule has 23 heavy (non-hydrogen) atoms. The van der Waals surface area contributed by atoms with Crippen molar-refractivity contribution in [3.05, 3.63) is 58.1 Å². The molecule has 1 atom stereocenters. The van der Waals surface area contributed by atoms with Gasteiger partial charge in [-0.05, 0) is 17.7 Å². The Morgan fingerprint density at radius 1 is 1.35 bits per heavy atom. The molecule has 1 heterocycles. The number of ether oxygens (including phenoxy) is 2. The summed E-state index contributed by atoms with van der Waals surface area (Å²) in [4.78, 5) is 22.7. The van der Waals surface area contributed by atoms with Crippen LogP contribution in [0.3, 0.4) is 0 Å². The number of carbonyl (C=O) groups is 1. The second kappa shape index (κ2) is 5.96. The van der Waals surface area contributed by atoms with Gasteiger partial charge in [-0.15, -0.1) is 0 Å². The maximum atomic E-state index is 12.4. The first-order chi connectivity index (χ1) is 11.1. The van der Waals surface area contributed by atoms with Crippen molar-refractivity contribution in [3.8, 4) is 11.5 Å². The Hall–Kier alpha value is -3.09. The number of amides is 1. The van der Waals surface area contributed by atoms with Crippen molar-refractivity contribution in [3.63, 3.8) is 0 Å². The highest BCUT2D eigenvalue weighted by Crippen LogP contribution is 2.31. The van der Waals surface area contributed by atoms with E-state index in [4.69, 9.17) is 9.47 Å². The van der Waals surface area contributed by atoms with E-state index in [0.717, 1.165) is 5.56 Å². The number of nitro benzene ring substituents is 1. The average Bonchev–Trinajstić information content (AvgIpc) is 2.99. The van der Waals surface area contributed by atoms with Gasteiger partial charge in [-0.3, -0.25) is 14.9 Å². The molecule has 7 heteroatoms. The molecular formula is C16H14N2O5. The lowest BCUT2D eigenvalue weighted by Gasteiger charge is -2.13. The minimum Gasteiger partial charge on any atom is -0.495 e. The van der Waals surface area contributed by atoms with Gasteiger partial charge in [0.2, 0.25) is 0 Å². The lowest BCUT2D eigenvalue weighted by Crippen LogP contribution is -2.31. The molecule has 1 aliphatic rings. The van der Waals surface area contributed by atoms with Crippen LogP contribution >= 0.6 is 0 Å². The van der Waals surface area contributed by atoms with E-state index in [-0.39, 0.29) is 17.3 Å². The number of nitrogens with one attached hydrogen (secondary N) is 1. The fourth-order valence-electron chi connectivity index (χ4n) is 2.45. The lowest BCUT2D eigenvalue weighted by molar-refractivity contribution is -0.384. The van der Waals surface area contributed by atoms with Crippen LogP contribution in [-0.4, -0.2) is 24.0 Å². The number of nitro groups is 1. The van der Waals surface area contributed by atoms with Gasteiger partial charge in [0, 0.05) is 18.6 Å². The van der Waals surface area contributed by atoms with E-state index in [2.05, 4.69) is 5.32 Å². The summed E-state index contributed by atoms with van der Waals surface area (Å²) in [6.07, 6.45) is -0.212. The molecule has 1 unspecified atom stereocenters. The Labute approximate surface area is 132 Å². The number of benzene rings is 2. The van der Waals surface area contributed by atoms with E-state index in [0.29, 0.717) is 17.9 Å². The van der Waals surface area contributed by atoms with Gasteiger partial charge in [-0.25, -0.2) is 0 Å². The first-order valence-corrected chi connectivity index (χ1v) is 6.96. The Bertz CT molecular complexity index is 750. The van der Waals surface area contributed by atoms with Crippen molar-refractivity contribution in [2.75, 3.05) is 12.4 Å². The topological polar surface area (TPSA) is 90.7 Å². The third-order valence-electron chi connectivity index (χ3n) is 3.59. The predicted octanol–water partition coefficient (Wildman–Crippen LogP) is 2.55. The minimum atomic E-state index is -0.670. The van der Waals surface area contributed by atoms with Crippen LogP contribution in [0.25, 0.3) is 0 Å². The minimum absolute atomic E-state index is 0.128. The number of rotatable bonds is 4. The Balaban J connectivity index is 1.78. The van der Waals surface area contributed by atoms with Gasteiger partial charge in [-0.1, -0.05) is 18.2 Å². The van der Waals surface area contributed by atoms with Crippen LogP contribution < -0.4 is 14.8 Å². The standard InChI is InChI=1S/C16H14N2O5/c1-22-14-7-6-11(18(20)21)9-12(14)17-16(19)15-8-10-4-2-3-5-13(10)23-15/h2-7,9,15H,8H2,1H3,(H,17,19). The Kier molecular flexibility index (Phi) is 3.84. The van der Waals surface area contributed by atoms with E-state index in [1.807, 2.05) is 18.2 Å². The van der Waals surface area contributed by atoms with Crippen LogP contribution in [0.15, 0.2) is 42.5 Å². The number of hydrogen-bond acceptors (Lipinski definition) is 5. The molecular weight excluding hydrogens is 300 g/mol. The number of methoxy groups -OCH3 is 1. The smallest absolute Gasteiger partial charge is 0.271 e. The molecule has 1 amide bonds. The van der Waals surface area contributed by atoms with Gasteiger partial charge < -0.3 is 14.8 Å². The summed E-state index contributed by atoms with van der Waals surface area (Å²) in [7, 11) is 1.43. The van der Waals surface area contributed by atoms with Crippen LogP contribution in [0.1, 0.15) is 5.56 Å². The third-order valence-corrected chi connectivity index (χ3v) is 3.59. The Morgan fingerprint density at radius 2 is 2.13 bits per heavy atom. The SMILES string of the molecule is COc1ccc([N+](=O)[O-])cc1NC(=O)C1Cc2ccccc2O1. The maximum absolute atomic E-state index is 12.4. The summed E-state index contributed by atoms with van der Waals surface area (Å²) in [6, 6.07) is 11.4. The average molecular weight is 314 g/mol. The summed E-state index contributed by atoms with van der Waals surface area (Å²) in [5, 5.41) is 13.5. The molecule has 0 aliphatic carbocycles. The predicted molar refractivity (Wildman–Crippen MR) is 82.8 cm³/mol. The summed E-state index contributed by atoms with van der Waals surface area (Å²) >= 11 is 0. The fourth-order valence-corrected chi connectivity index (χ4v) is 2.45. The van der Waals surface area contributed by atoms with E-state index in [9.17, 15) is 14.9 Å². The number of anilines is 1. The zero-order chi connectivity index (χ0) is 16.4. The van der Waals surface area contributed by atoms with Crippen LogP contribution in [0.4, 0.5) is 11.4 Å². The second-order valence-electron chi connectivity index (χ2n) is 5.05. The number of non-ortho nitro benzene ring substituents is 1. The molecule has 1 aliphatic heterocycles. The molecule has 3 rings (SSSR count). The molecule has 2 aromatic carbocycles. The molecule has 0 saturated carbocycles. The van der Waals surface area contributed by atoms with Crippen LogP contribution in [-0.2, 0) is 11.2 Å². The molecule has 0 fully saturated rings. The summed E-state index contributed by atoms with van der Waals surface area (Å²) < 4.78 is 10.7. The first kappa shape index (κ1) is 14.8. The second-order valence-corrected chi connectivity index (χ2v) is 5.05. The van der Waals surface area contributed by atoms with Gasteiger partial charge in [0.15, 0.2) is 6.10 Å².